The number of aryl methyl sites for hydroxylation is 1. The molecule has 36 heavy (non-hydrogen) atoms. The van der Waals surface area contributed by atoms with Crippen LogP contribution in [0.25, 0.3) is 10.9 Å². The van der Waals surface area contributed by atoms with Crippen molar-refractivity contribution in [1.82, 2.24) is 14.8 Å². The molecule has 3 aromatic rings. The Bertz CT molecular complexity index is 1190. The Morgan fingerprint density at radius 3 is 2.78 bits per heavy atom. The van der Waals surface area contributed by atoms with E-state index < -0.39 is 6.43 Å². The van der Waals surface area contributed by atoms with E-state index in [0.29, 0.717) is 26.2 Å². The summed E-state index contributed by atoms with van der Waals surface area (Å²) in [5.74, 6) is 1.09. The minimum Gasteiger partial charge on any atom is -0.506 e. The summed E-state index contributed by atoms with van der Waals surface area (Å²) in [6.07, 6.45) is 1.42. The average Bonchev–Trinajstić information content (AvgIpc) is 3.32. The standard InChI is InChI=1S/C26H32F2N4O2.H2O.W/c1-16-12-23(34-2)20(19-7-9-30-25(16)19)13-32-11-10-31(15-24(27)28)14-21(32)17-5-6-22(33)26-18(17)4-3-8-29-26;;/h5-7,9,12,21,24,29-30,33H,3-4,8,10-11,13-15H2,1-2H3;1H2;. The van der Waals surface area contributed by atoms with E-state index >= 15 is 0 Å². The van der Waals surface area contributed by atoms with Gasteiger partial charge in [0.1, 0.15) is 11.5 Å². The number of aromatic amines is 1. The molecule has 1 saturated heterocycles. The zero-order valence-electron chi connectivity index (χ0n) is 20.6. The molecule has 1 fully saturated rings. The first-order valence-corrected chi connectivity index (χ1v) is 11.9. The summed E-state index contributed by atoms with van der Waals surface area (Å²) < 4.78 is 32.3. The molecule has 2 aliphatic heterocycles. The summed E-state index contributed by atoms with van der Waals surface area (Å²) in [7, 11) is 1.69. The number of alkyl halides is 2. The predicted molar refractivity (Wildman–Crippen MR) is 134 cm³/mol. The van der Waals surface area contributed by atoms with Crippen molar-refractivity contribution in [1.29, 1.82) is 0 Å². The zero-order chi connectivity index (χ0) is 23.8. The van der Waals surface area contributed by atoms with Crippen LogP contribution < -0.4 is 10.1 Å². The number of anilines is 1. The van der Waals surface area contributed by atoms with Gasteiger partial charge in [0.05, 0.1) is 19.3 Å². The van der Waals surface area contributed by atoms with Crippen molar-refractivity contribution in [3.63, 3.8) is 0 Å². The molecule has 2 aromatic carbocycles. The van der Waals surface area contributed by atoms with Crippen molar-refractivity contribution in [2.45, 2.75) is 38.8 Å². The normalized spacial score (nSPS) is 18.3. The van der Waals surface area contributed by atoms with E-state index in [1.54, 1.807) is 13.2 Å². The van der Waals surface area contributed by atoms with Crippen LogP contribution in [0.2, 0.25) is 0 Å². The number of rotatable bonds is 6. The van der Waals surface area contributed by atoms with E-state index in [0.717, 1.165) is 64.0 Å². The number of phenols is 1. The first-order valence-electron chi connectivity index (χ1n) is 11.9. The molecule has 1 aromatic heterocycles. The Hall–Kier alpha value is -2.19. The molecule has 0 bridgehead atoms. The number of aromatic nitrogens is 1. The maximum absolute atomic E-state index is 13.3. The maximum Gasteiger partial charge on any atom is 0.251 e. The van der Waals surface area contributed by atoms with Crippen molar-refractivity contribution in [3.8, 4) is 11.5 Å². The van der Waals surface area contributed by atoms with E-state index in [-0.39, 0.29) is 44.9 Å². The van der Waals surface area contributed by atoms with E-state index in [4.69, 9.17) is 4.74 Å². The van der Waals surface area contributed by atoms with Gasteiger partial charge in [-0.25, -0.2) is 8.78 Å². The fraction of sp³-hybridized carbons (Fsp3) is 0.462. The van der Waals surface area contributed by atoms with Crippen LogP contribution in [-0.4, -0.2) is 71.6 Å². The summed E-state index contributed by atoms with van der Waals surface area (Å²) >= 11 is 0. The van der Waals surface area contributed by atoms with Crippen LogP contribution in [0.4, 0.5) is 14.5 Å². The van der Waals surface area contributed by atoms with Crippen LogP contribution in [-0.2, 0) is 34.0 Å². The van der Waals surface area contributed by atoms with Gasteiger partial charge in [0.2, 0.25) is 0 Å². The van der Waals surface area contributed by atoms with Gasteiger partial charge in [-0.1, -0.05) is 6.07 Å². The molecule has 7 nitrogen and oxygen atoms in total. The monoisotopic (exact) mass is 672 g/mol. The van der Waals surface area contributed by atoms with Gasteiger partial charge < -0.3 is 25.6 Å². The molecule has 196 valence electrons. The topological polar surface area (TPSA) is 95.3 Å². The molecule has 5 rings (SSSR count). The number of aromatic hydroxyl groups is 1. The molecule has 0 aliphatic carbocycles. The fourth-order valence-corrected chi connectivity index (χ4v) is 5.62. The summed E-state index contributed by atoms with van der Waals surface area (Å²) in [5, 5.41) is 14.9. The number of ether oxygens (including phenoxy) is 1. The van der Waals surface area contributed by atoms with Crippen molar-refractivity contribution in [3.05, 3.63) is 52.7 Å². The van der Waals surface area contributed by atoms with Crippen LogP contribution in [0.5, 0.6) is 11.5 Å². The molecule has 3 heterocycles. The maximum atomic E-state index is 13.3. The van der Waals surface area contributed by atoms with Crippen LogP contribution in [0.1, 0.15) is 34.7 Å². The number of halogens is 2. The van der Waals surface area contributed by atoms with Gasteiger partial charge in [-0.15, -0.1) is 0 Å². The SMILES string of the molecule is COc1cc(C)c2[nH]ccc2c1CN1CCN(CC(F)F)CC1c1ccc(O)c2c1CCCN2.O.[W]. The third kappa shape index (κ3) is 5.39. The molecule has 10 heteroatoms. The second-order valence-corrected chi connectivity index (χ2v) is 9.34. The van der Waals surface area contributed by atoms with E-state index in [1.165, 1.54) is 0 Å². The van der Waals surface area contributed by atoms with Crippen LogP contribution in [0.15, 0.2) is 30.5 Å². The van der Waals surface area contributed by atoms with Crippen molar-refractivity contribution in [2.75, 3.05) is 45.2 Å². The van der Waals surface area contributed by atoms with Gasteiger partial charge in [0.25, 0.3) is 6.43 Å². The largest absolute Gasteiger partial charge is 0.506 e. The quantitative estimate of drug-likeness (QED) is 0.347. The van der Waals surface area contributed by atoms with Gasteiger partial charge in [-0.3, -0.25) is 9.80 Å². The molecule has 0 amide bonds. The van der Waals surface area contributed by atoms with Crippen molar-refractivity contribution >= 4 is 16.6 Å². The molecule has 5 N–H and O–H groups in total. The zero-order valence-corrected chi connectivity index (χ0v) is 23.5. The number of hydrogen-bond donors (Lipinski definition) is 3. The smallest absolute Gasteiger partial charge is 0.251 e. The van der Waals surface area contributed by atoms with Crippen LogP contribution in [0.3, 0.4) is 0 Å². The van der Waals surface area contributed by atoms with Gasteiger partial charge in [-0.2, -0.15) is 0 Å². The van der Waals surface area contributed by atoms with E-state index in [1.807, 2.05) is 17.2 Å². The van der Waals surface area contributed by atoms with Gasteiger partial charge in [0, 0.05) is 82.5 Å². The molecule has 1 unspecified atom stereocenters. The number of nitrogens with one attached hydrogen (secondary N) is 2. The molecule has 0 saturated carbocycles. The van der Waals surface area contributed by atoms with Crippen LogP contribution in [0, 0.1) is 6.92 Å². The molecular formula is C26H34F2N4O3W. The Balaban J connectivity index is 0.00000180. The number of H-pyrrole nitrogens is 1. The van der Waals surface area contributed by atoms with Crippen molar-refractivity contribution in [2.24, 2.45) is 0 Å². The Morgan fingerprint density at radius 2 is 2.03 bits per heavy atom. The molecule has 0 radical (unpaired) electrons. The number of fused-ring (bicyclic) bond motifs is 2. The van der Waals surface area contributed by atoms with Gasteiger partial charge in [-0.05, 0) is 54.7 Å². The predicted octanol–water partition coefficient (Wildman–Crippen LogP) is 3.85. The second-order valence-electron chi connectivity index (χ2n) is 9.34. The third-order valence-electron chi connectivity index (χ3n) is 7.26. The third-order valence-corrected chi connectivity index (χ3v) is 7.26. The molecular weight excluding hydrogens is 638 g/mol. The van der Waals surface area contributed by atoms with Gasteiger partial charge in [0.15, 0.2) is 0 Å². The summed E-state index contributed by atoms with van der Waals surface area (Å²) in [5.41, 5.74) is 6.31. The number of nitrogens with zero attached hydrogens (tertiary/aromatic N) is 2. The second kappa shape index (κ2) is 11.9. The Morgan fingerprint density at radius 1 is 1.22 bits per heavy atom. The first-order chi connectivity index (χ1) is 16.5. The Labute approximate surface area is 224 Å². The van der Waals surface area contributed by atoms with Crippen molar-refractivity contribution < 1.29 is 45.2 Å². The minimum absolute atomic E-state index is 0. The number of phenolic OH excluding ortho intramolecular Hbond substituents is 1. The first kappa shape index (κ1) is 28.4. The summed E-state index contributed by atoms with van der Waals surface area (Å²) in [4.78, 5) is 7.57. The number of benzene rings is 2. The molecule has 2 aliphatic rings. The molecule has 1 atom stereocenters. The van der Waals surface area contributed by atoms with E-state index in [2.05, 4.69) is 34.3 Å². The number of methoxy groups -OCH3 is 1. The van der Waals surface area contributed by atoms with E-state index in [9.17, 15) is 13.9 Å². The fourth-order valence-electron chi connectivity index (χ4n) is 5.62. The molecule has 0 spiro atoms. The average molecular weight is 672 g/mol. The number of piperazine rings is 1. The summed E-state index contributed by atoms with van der Waals surface area (Å²) in [6, 6.07) is 7.77. The van der Waals surface area contributed by atoms with Crippen LogP contribution >= 0.6 is 0 Å². The number of hydrogen-bond acceptors (Lipinski definition) is 5. The van der Waals surface area contributed by atoms with Gasteiger partial charge >= 0.3 is 0 Å². The minimum atomic E-state index is -2.36. The summed E-state index contributed by atoms with van der Waals surface area (Å²) in [6.45, 7) is 5.08. The Kier molecular flexibility index (Phi) is 9.38.